The average Bonchev–Trinajstić information content (AvgIpc) is 2.87. The summed E-state index contributed by atoms with van der Waals surface area (Å²) in [6, 6.07) is 5.32. The molecule has 5 rings (SSSR count). The lowest BCUT2D eigenvalue weighted by Gasteiger charge is -2.45. The maximum Gasteiger partial charge on any atom is 0.201 e. The first-order valence-corrected chi connectivity index (χ1v) is 12.8. The fourth-order valence-corrected chi connectivity index (χ4v) is 5.99. The minimum atomic E-state index is -1.70. The van der Waals surface area contributed by atoms with Crippen molar-refractivity contribution in [1.82, 2.24) is 4.90 Å². The van der Waals surface area contributed by atoms with Crippen molar-refractivity contribution in [1.29, 1.82) is 0 Å². The van der Waals surface area contributed by atoms with Crippen molar-refractivity contribution in [3.63, 3.8) is 0 Å². The zero-order chi connectivity index (χ0) is 27.7. The maximum atomic E-state index is 13.4. The van der Waals surface area contributed by atoms with E-state index in [0.29, 0.717) is 6.42 Å². The van der Waals surface area contributed by atoms with E-state index in [4.69, 9.17) is 9.47 Å². The fraction of sp³-hybridized carbons (Fsp3) is 0.500. The number of likely N-dealkylation sites (N-methyl/N-ethyl adjacent to an activating group) is 1. The van der Waals surface area contributed by atoms with E-state index in [1.54, 1.807) is 13.8 Å². The van der Waals surface area contributed by atoms with Gasteiger partial charge in [-0.2, -0.15) is 0 Å². The largest absolute Gasteiger partial charge is 0.507 e. The Kier molecular flexibility index (Phi) is 6.62. The molecule has 0 amide bonds. The predicted molar refractivity (Wildman–Crippen MR) is 134 cm³/mol. The Hall–Kier alpha value is -2.86. The summed E-state index contributed by atoms with van der Waals surface area (Å²) in [5.41, 5.74) is -2.16. The molecule has 1 heterocycles. The van der Waals surface area contributed by atoms with Gasteiger partial charge in [0.05, 0.1) is 35.0 Å². The molecular weight excluding hydrogens is 494 g/mol. The van der Waals surface area contributed by atoms with E-state index < -0.39 is 59.4 Å². The number of nitrogens with zero attached hydrogens (tertiary/aromatic N) is 1. The van der Waals surface area contributed by atoms with Gasteiger partial charge >= 0.3 is 0 Å². The highest BCUT2D eigenvalue weighted by Crippen LogP contribution is 2.52. The molecule has 1 saturated heterocycles. The minimum absolute atomic E-state index is 0.00740. The molecule has 2 aliphatic carbocycles. The first kappa shape index (κ1) is 26.7. The SMILES string of the molecule is CC[C@@]1(O)C[C@@H](O[C@H]2C[C@H](N(C)C)[C@@H](O)[C@@H](C)O2)c2cc3c(c(O)c2[C@H]1O)C(=O)c1c(O)cccc1C3=O. The van der Waals surface area contributed by atoms with Crippen molar-refractivity contribution in [3.8, 4) is 11.5 Å². The number of carbonyl (C=O) groups is 2. The summed E-state index contributed by atoms with van der Waals surface area (Å²) in [5, 5.41) is 54.8. The number of phenolic OH excluding ortho intramolecular Hbond substituents is 2. The smallest absolute Gasteiger partial charge is 0.201 e. The summed E-state index contributed by atoms with van der Waals surface area (Å²) in [7, 11) is 3.68. The third-order valence-corrected chi connectivity index (χ3v) is 8.29. The summed E-state index contributed by atoms with van der Waals surface area (Å²) in [4.78, 5) is 28.7. The Labute approximate surface area is 220 Å². The Morgan fingerprint density at radius 2 is 1.82 bits per heavy atom. The summed E-state index contributed by atoms with van der Waals surface area (Å²) in [5.74, 6) is -2.34. The Bertz CT molecular complexity index is 1310. The van der Waals surface area contributed by atoms with Gasteiger partial charge in [-0.1, -0.05) is 19.1 Å². The van der Waals surface area contributed by atoms with Crippen LogP contribution in [0.4, 0.5) is 0 Å². The van der Waals surface area contributed by atoms with E-state index >= 15 is 0 Å². The Morgan fingerprint density at radius 1 is 1.11 bits per heavy atom. The number of fused-ring (bicyclic) bond motifs is 3. The van der Waals surface area contributed by atoms with Crippen LogP contribution in [0.25, 0.3) is 0 Å². The first-order chi connectivity index (χ1) is 17.9. The summed E-state index contributed by atoms with van der Waals surface area (Å²) < 4.78 is 12.2. The van der Waals surface area contributed by atoms with Gasteiger partial charge in [-0.15, -0.1) is 0 Å². The van der Waals surface area contributed by atoms with Crippen LogP contribution < -0.4 is 0 Å². The molecule has 0 saturated carbocycles. The van der Waals surface area contributed by atoms with Crippen LogP contribution in [-0.2, 0) is 9.47 Å². The van der Waals surface area contributed by atoms with Crippen molar-refractivity contribution >= 4 is 11.6 Å². The number of phenols is 2. The molecule has 5 N–H and O–H groups in total. The standard InChI is InChI=1S/C28H33NO9/c1-5-28(36)11-18(38-19-10-16(29(3)4)23(31)12(2)37-19)14-9-15-21(26(34)22(14)27(28)35)25(33)20-13(24(15)32)7-6-8-17(20)30/h6-9,12,16,18-19,23,27,30-31,34-36H,5,10-11H2,1-4H3/t12-,16+,18-,19+,23+,27-,28-/m1/s1. The molecule has 7 atom stereocenters. The predicted octanol–water partition coefficient (Wildman–Crippen LogP) is 1.94. The van der Waals surface area contributed by atoms with Gasteiger partial charge in [0.1, 0.15) is 17.6 Å². The monoisotopic (exact) mass is 527 g/mol. The van der Waals surface area contributed by atoms with Crippen LogP contribution in [0.5, 0.6) is 11.5 Å². The van der Waals surface area contributed by atoms with Crippen molar-refractivity contribution in [3.05, 3.63) is 57.6 Å². The molecular formula is C28H33NO9. The topological polar surface area (TPSA) is 157 Å². The number of aromatic hydroxyl groups is 2. The number of carbonyl (C=O) groups excluding carboxylic acids is 2. The highest BCUT2D eigenvalue weighted by Gasteiger charge is 2.49. The van der Waals surface area contributed by atoms with Crippen molar-refractivity contribution in [2.45, 2.75) is 75.5 Å². The Morgan fingerprint density at radius 3 is 2.47 bits per heavy atom. The molecule has 1 aliphatic heterocycles. The maximum absolute atomic E-state index is 13.4. The first-order valence-electron chi connectivity index (χ1n) is 12.8. The lowest BCUT2D eigenvalue weighted by atomic mass is 9.71. The fourth-order valence-electron chi connectivity index (χ4n) is 5.99. The second-order valence-corrected chi connectivity index (χ2v) is 10.7. The van der Waals surface area contributed by atoms with Crippen molar-refractivity contribution in [2.75, 3.05) is 14.1 Å². The van der Waals surface area contributed by atoms with E-state index in [9.17, 15) is 35.1 Å². The van der Waals surface area contributed by atoms with Gasteiger partial charge in [0.2, 0.25) is 5.78 Å². The summed E-state index contributed by atoms with van der Waals surface area (Å²) in [6.07, 6.45) is -4.17. The third-order valence-electron chi connectivity index (χ3n) is 8.29. The zero-order valence-electron chi connectivity index (χ0n) is 21.7. The second kappa shape index (κ2) is 9.41. The zero-order valence-corrected chi connectivity index (χ0v) is 21.7. The average molecular weight is 528 g/mol. The molecule has 0 radical (unpaired) electrons. The third kappa shape index (κ3) is 3.95. The van der Waals surface area contributed by atoms with Gasteiger partial charge in [0.15, 0.2) is 12.1 Å². The van der Waals surface area contributed by atoms with Crippen LogP contribution in [0.3, 0.4) is 0 Å². The van der Waals surface area contributed by atoms with Gasteiger partial charge < -0.3 is 39.9 Å². The molecule has 2 aromatic carbocycles. The lowest BCUT2D eigenvalue weighted by molar-refractivity contribution is -0.261. The second-order valence-electron chi connectivity index (χ2n) is 10.7. The highest BCUT2D eigenvalue weighted by atomic mass is 16.7. The minimum Gasteiger partial charge on any atom is -0.507 e. The number of rotatable bonds is 4. The van der Waals surface area contributed by atoms with Crippen molar-refractivity contribution in [2.24, 2.45) is 0 Å². The van der Waals surface area contributed by atoms with Crippen LogP contribution in [0, 0.1) is 0 Å². The number of hydrogen-bond acceptors (Lipinski definition) is 10. The van der Waals surface area contributed by atoms with E-state index in [0.717, 1.165) is 0 Å². The number of hydrogen-bond donors (Lipinski definition) is 5. The molecule has 0 bridgehead atoms. The van der Waals surface area contributed by atoms with Crippen molar-refractivity contribution < 1.29 is 44.6 Å². The quantitative estimate of drug-likeness (QED) is 0.340. The number of aliphatic hydroxyl groups is 3. The molecule has 204 valence electrons. The van der Waals surface area contributed by atoms with Gasteiger partial charge in [-0.3, -0.25) is 9.59 Å². The van der Waals surface area contributed by atoms with Gasteiger partial charge in [0, 0.05) is 35.6 Å². The molecule has 2 aromatic rings. The van der Waals surface area contributed by atoms with Crippen LogP contribution in [0.15, 0.2) is 24.3 Å². The van der Waals surface area contributed by atoms with Crippen LogP contribution in [0.2, 0.25) is 0 Å². The van der Waals surface area contributed by atoms with Gasteiger partial charge in [-0.25, -0.2) is 0 Å². The van der Waals surface area contributed by atoms with E-state index in [-0.39, 0.29) is 52.3 Å². The molecule has 1 fully saturated rings. The van der Waals surface area contributed by atoms with E-state index in [1.807, 2.05) is 19.0 Å². The number of ether oxygens (including phenoxy) is 2. The number of benzene rings is 2. The highest BCUT2D eigenvalue weighted by molar-refractivity contribution is 6.30. The molecule has 10 heteroatoms. The molecule has 3 aliphatic rings. The van der Waals surface area contributed by atoms with Gasteiger partial charge in [0.25, 0.3) is 0 Å². The molecule has 0 spiro atoms. The molecule has 0 unspecified atom stereocenters. The van der Waals surface area contributed by atoms with Crippen LogP contribution in [0.1, 0.15) is 88.3 Å². The lowest BCUT2D eigenvalue weighted by Crippen LogP contribution is -2.54. The number of aliphatic hydroxyl groups excluding tert-OH is 2. The molecule has 38 heavy (non-hydrogen) atoms. The molecule has 10 nitrogen and oxygen atoms in total. The summed E-state index contributed by atoms with van der Waals surface area (Å²) in [6.45, 7) is 3.41. The van der Waals surface area contributed by atoms with Gasteiger partial charge in [-0.05, 0) is 45.1 Å². The van der Waals surface area contributed by atoms with Crippen LogP contribution >= 0.6 is 0 Å². The normalized spacial score (nSPS) is 32.6. The Balaban J connectivity index is 1.62. The van der Waals surface area contributed by atoms with Crippen LogP contribution in [-0.4, -0.2) is 86.2 Å². The summed E-state index contributed by atoms with van der Waals surface area (Å²) >= 11 is 0. The molecule has 0 aromatic heterocycles. The van der Waals surface area contributed by atoms with E-state index in [2.05, 4.69) is 0 Å². The number of ketones is 2. The van der Waals surface area contributed by atoms with E-state index in [1.165, 1.54) is 24.3 Å².